The van der Waals surface area contributed by atoms with E-state index in [-0.39, 0.29) is 0 Å². The van der Waals surface area contributed by atoms with Gasteiger partial charge in [-0.15, -0.1) is 0 Å². The summed E-state index contributed by atoms with van der Waals surface area (Å²) in [5.74, 6) is -1.56. The second-order valence-electron chi connectivity index (χ2n) is 6.76. The second-order valence-corrected chi connectivity index (χ2v) is 6.76. The molecule has 0 aromatic rings. The van der Waals surface area contributed by atoms with Crippen molar-refractivity contribution in [1.29, 1.82) is 0 Å². The first-order chi connectivity index (χ1) is 10.8. The van der Waals surface area contributed by atoms with Gasteiger partial charge in [0.15, 0.2) is 6.10 Å². The van der Waals surface area contributed by atoms with Crippen LogP contribution in [0.4, 0.5) is 0 Å². The number of ether oxygens (including phenoxy) is 3. The summed E-state index contributed by atoms with van der Waals surface area (Å²) in [6.45, 7) is 12.6. The van der Waals surface area contributed by atoms with Gasteiger partial charge in [0, 0.05) is 6.61 Å². The predicted octanol–water partition coefficient (Wildman–Crippen LogP) is 3.74. The summed E-state index contributed by atoms with van der Waals surface area (Å²) in [5.41, 5.74) is -0.465. The molecular formula is C18H34O5. The van der Waals surface area contributed by atoms with Gasteiger partial charge in [-0.1, -0.05) is 47.5 Å². The minimum atomic E-state index is -0.925. The molecule has 5 heteroatoms. The summed E-state index contributed by atoms with van der Waals surface area (Å²) in [4.78, 5) is 24.9. The normalized spacial score (nSPS) is 14.2. The summed E-state index contributed by atoms with van der Waals surface area (Å²) in [6, 6.07) is 0. The first kappa shape index (κ1) is 21.9. The summed E-state index contributed by atoms with van der Waals surface area (Å²) in [5, 5.41) is 0. The molecule has 0 aliphatic rings. The number of unbranched alkanes of at least 4 members (excludes halogenated alkanes) is 2. The molecule has 0 aromatic heterocycles. The number of carbonyl (C=O) groups excluding carboxylic acids is 2. The summed E-state index contributed by atoms with van der Waals surface area (Å²) in [6.07, 6.45) is 2.57. The van der Waals surface area contributed by atoms with Crippen molar-refractivity contribution in [2.24, 2.45) is 11.3 Å². The van der Waals surface area contributed by atoms with E-state index in [2.05, 4.69) is 0 Å². The SMILES string of the molecule is CCCCOC(=O)C(OCC)C(C(=O)OCCCC)C(C)(C)C. The first-order valence-corrected chi connectivity index (χ1v) is 8.74. The molecule has 0 aliphatic carbocycles. The Morgan fingerprint density at radius 2 is 1.35 bits per heavy atom. The Balaban J connectivity index is 5.10. The van der Waals surface area contributed by atoms with Gasteiger partial charge >= 0.3 is 11.9 Å². The topological polar surface area (TPSA) is 61.8 Å². The van der Waals surface area contributed by atoms with Crippen LogP contribution in [0.5, 0.6) is 0 Å². The standard InChI is InChI=1S/C18H34O5/c1-7-10-12-22-16(19)14(18(4,5)6)15(21-9-3)17(20)23-13-11-8-2/h14-15H,7-13H2,1-6H3. The van der Waals surface area contributed by atoms with Crippen LogP contribution in [0, 0.1) is 11.3 Å². The molecule has 0 saturated carbocycles. The average molecular weight is 330 g/mol. The Morgan fingerprint density at radius 3 is 1.74 bits per heavy atom. The zero-order valence-corrected chi connectivity index (χ0v) is 15.6. The Kier molecular flexibility index (Phi) is 10.9. The molecule has 0 bridgehead atoms. The molecule has 0 rings (SSSR count). The molecule has 0 spiro atoms. The number of hydrogen-bond acceptors (Lipinski definition) is 5. The quantitative estimate of drug-likeness (QED) is 0.426. The van der Waals surface area contributed by atoms with Crippen molar-refractivity contribution < 1.29 is 23.8 Å². The number of esters is 2. The largest absolute Gasteiger partial charge is 0.465 e. The number of rotatable bonds is 11. The molecule has 0 heterocycles. The molecule has 0 saturated heterocycles. The maximum atomic E-state index is 12.5. The summed E-state index contributed by atoms with van der Waals surface area (Å²) in [7, 11) is 0. The van der Waals surface area contributed by atoms with Crippen LogP contribution < -0.4 is 0 Å². The van der Waals surface area contributed by atoms with Crippen LogP contribution in [0.25, 0.3) is 0 Å². The maximum Gasteiger partial charge on any atom is 0.336 e. The van der Waals surface area contributed by atoms with E-state index < -0.39 is 29.4 Å². The smallest absolute Gasteiger partial charge is 0.336 e. The van der Waals surface area contributed by atoms with Gasteiger partial charge < -0.3 is 14.2 Å². The molecular weight excluding hydrogens is 296 g/mol. The van der Waals surface area contributed by atoms with E-state index in [0.29, 0.717) is 19.8 Å². The van der Waals surface area contributed by atoms with Crippen molar-refractivity contribution in [1.82, 2.24) is 0 Å². The highest BCUT2D eigenvalue weighted by atomic mass is 16.6. The maximum absolute atomic E-state index is 12.5. The van der Waals surface area contributed by atoms with Gasteiger partial charge in [0.1, 0.15) is 0 Å². The van der Waals surface area contributed by atoms with E-state index in [1.807, 2.05) is 34.6 Å². The predicted molar refractivity (Wildman–Crippen MR) is 90.1 cm³/mol. The molecule has 2 atom stereocenters. The lowest BCUT2D eigenvalue weighted by Crippen LogP contribution is -2.46. The minimum absolute atomic E-state index is 0.336. The second kappa shape index (κ2) is 11.4. The van der Waals surface area contributed by atoms with Gasteiger partial charge in [-0.2, -0.15) is 0 Å². The van der Waals surface area contributed by atoms with E-state index in [1.165, 1.54) is 0 Å². The van der Waals surface area contributed by atoms with Crippen LogP contribution in [0.3, 0.4) is 0 Å². The third-order valence-corrected chi connectivity index (χ3v) is 3.55. The van der Waals surface area contributed by atoms with Gasteiger partial charge in [-0.25, -0.2) is 4.79 Å². The zero-order chi connectivity index (χ0) is 17.9. The Morgan fingerprint density at radius 1 is 0.870 bits per heavy atom. The lowest BCUT2D eigenvalue weighted by molar-refractivity contribution is -0.176. The van der Waals surface area contributed by atoms with Gasteiger partial charge in [0.2, 0.25) is 0 Å². The van der Waals surface area contributed by atoms with Crippen LogP contribution in [0.1, 0.15) is 67.2 Å². The highest BCUT2D eigenvalue weighted by Gasteiger charge is 2.44. The summed E-state index contributed by atoms with van der Waals surface area (Å²) >= 11 is 0. The van der Waals surface area contributed by atoms with Crippen LogP contribution in [0.15, 0.2) is 0 Å². The van der Waals surface area contributed by atoms with Crippen LogP contribution in [0.2, 0.25) is 0 Å². The summed E-state index contributed by atoms with van der Waals surface area (Å²) < 4.78 is 16.2. The molecule has 0 amide bonds. The van der Waals surface area contributed by atoms with Crippen molar-refractivity contribution in [2.75, 3.05) is 19.8 Å². The van der Waals surface area contributed by atoms with Crippen molar-refractivity contribution in [3.8, 4) is 0 Å². The minimum Gasteiger partial charge on any atom is -0.465 e. The van der Waals surface area contributed by atoms with E-state index in [9.17, 15) is 9.59 Å². The van der Waals surface area contributed by atoms with Crippen LogP contribution in [-0.2, 0) is 23.8 Å². The van der Waals surface area contributed by atoms with E-state index in [0.717, 1.165) is 25.7 Å². The number of hydrogen-bond donors (Lipinski definition) is 0. The molecule has 0 fully saturated rings. The van der Waals surface area contributed by atoms with E-state index in [4.69, 9.17) is 14.2 Å². The van der Waals surface area contributed by atoms with E-state index >= 15 is 0 Å². The Labute approximate surface area is 141 Å². The molecule has 0 aliphatic heterocycles. The van der Waals surface area contributed by atoms with Crippen LogP contribution >= 0.6 is 0 Å². The monoisotopic (exact) mass is 330 g/mol. The highest BCUT2D eigenvalue weighted by Crippen LogP contribution is 2.32. The average Bonchev–Trinajstić information content (AvgIpc) is 2.45. The molecule has 136 valence electrons. The fourth-order valence-corrected chi connectivity index (χ4v) is 2.22. The molecule has 2 unspecified atom stereocenters. The Hall–Kier alpha value is -1.10. The third-order valence-electron chi connectivity index (χ3n) is 3.55. The zero-order valence-electron chi connectivity index (χ0n) is 15.6. The van der Waals surface area contributed by atoms with Crippen molar-refractivity contribution in [2.45, 2.75) is 73.3 Å². The lowest BCUT2D eigenvalue weighted by atomic mass is 9.77. The highest BCUT2D eigenvalue weighted by molar-refractivity contribution is 5.84. The van der Waals surface area contributed by atoms with Gasteiger partial charge in [-0.3, -0.25) is 4.79 Å². The first-order valence-electron chi connectivity index (χ1n) is 8.74. The molecule has 0 N–H and O–H groups in total. The van der Waals surface area contributed by atoms with E-state index in [1.54, 1.807) is 6.92 Å². The number of carbonyl (C=O) groups is 2. The van der Waals surface area contributed by atoms with Gasteiger partial charge in [-0.05, 0) is 25.2 Å². The van der Waals surface area contributed by atoms with Crippen molar-refractivity contribution in [3.05, 3.63) is 0 Å². The van der Waals surface area contributed by atoms with Crippen molar-refractivity contribution in [3.63, 3.8) is 0 Å². The fourth-order valence-electron chi connectivity index (χ4n) is 2.22. The Bertz CT molecular complexity index is 346. The molecule has 0 aromatic carbocycles. The third kappa shape index (κ3) is 8.35. The van der Waals surface area contributed by atoms with Crippen LogP contribution in [-0.4, -0.2) is 37.9 Å². The van der Waals surface area contributed by atoms with Gasteiger partial charge in [0.25, 0.3) is 0 Å². The fraction of sp³-hybridized carbons (Fsp3) is 0.889. The molecule has 0 radical (unpaired) electrons. The molecule has 5 nitrogen and oxygen atoms in total. The van der Waals surface area contributed by atoms with Crippen molar-refractivity contribution >= 4 is 11.9 Å². The molecule has 23 heavy (non-hydrogen) atoms. The van der Waals surface area contributed by atoms with Gasteiger partial charge in [0.05, 0.1) is 19.1 Å². The lowest BCUT2D eigenvalue weighted by Gasteiger charge is -2.33.